The summed E-state index contributed by atoms with van der Waals surface area (Å²) < 4.78 is 29.6. The molecule has 6 nitrogen and oxygen atoms in total. The van der Waals surface area contributed by atoms with Crippen molar-refractivity contribution in [3.05, 3.63) is 59.4 Å². The summed E-state index contributed by atoms with van der Waals surface area (Å²) in [6.07, 6.45) is 2.91. The Labute approximate surface area is 168 Å². The van der Waals surface area contributed by atoms with E-state index in [0.29, 0.717) is 29.9 Å². The lowest BCUT2D eigenvalue weighted by Crippen LogP contribution is -2.37. The van der Waals surface area contributed by atoms with Gasteiger partial charge in [-0.1, -0.05) is 31.0 Å². The Morgan fingerprint density at radius 2 is 1.86 bits per heavy atom. The molecule has 1 aliphatic heterocycles. The molecule has 0 unspecified atom stereocenters. The van der Waals surface area contributed by atoms with Crippen LogP contribution >= 0.6 is 0 Å². The first-order valence-corrected chi connectivity index (χ1v) is 9.65. The van der Waals surface area contributed by atoms with Gasteiger partial charge in [0.15, 0.2) is 18.1 Å². The molecule has 0 saturated heterocycles. The molecule has 1 fully saturated rings. The fraction of sp³-hybridized carbons (Fsp3) is 0.364. The van der Waals surface area contributed by atoms with Crippen LogP contribution in [0.2, 0.25) is 0 Å². The first-order chi connectivity index (χ1) is 14.1. The number of nitrogens with one attached hydrogen (secondary N) is 1. The van der Waals surface area contributed by atoms with Crippen molar-refractivity contribution in [2.45, 2.75) is 37.6 Å². The molecule has 0 spiro atoms. The van der Waals surface area contributed by atoms with E-state index in [4.69, 9.17) is 14.2 Å². The Morgan fingerprint density at radius 1 is 1.07 bits per heavy atom. The van der Waals surface area contributed by atoms with Crippen LogP contribution in [0.3, 0.4) is 0 Å². The highest BCUT2D eigenvalue weighted by molar-refractivity contribution is 5.86. The van der Waals surface area contributed by atoms with Crippen molar-refractivity contribution in [1.82, 2.24) is 5.32 Å². The molecule has 2 aromatic rings. The van der Waals surface area contributed by atoms with Gasteiger partial charge in [-0.15, -0.1) is 0 Å². The van der Waals surface area contributed by atoms with Crippen LogP contribution in [0.25, 0.3) is 0 Å². The van der Waals surface area contributed by atoms with Gasteiger partial charge in [0.1, 0.15) is 5.82 Å². The second-order valence-electron chi connectivity index (χ2n) is 7.34. The summed E-state index contributed by atoms with van der Waals surface area (Å²) in [5.41, 5.74) is 0.585. The van der Waals surface area contributed by atoms with Gasteiger partial charge in [0.05, 0.1) is 5.41 Å². The minimum atomic E-state index is -0.875. The van der Waals surface area contributed by atoms with Crippen LogP contribution in [-0.4, -0.2) is 25.3 Å². The summed E-state index contributed by atoms with van der Waals surface area (Å²) in [6.45, 7) is 0.0939. The van der Waals surface area contributed by atoms with Crippen LogP contribution in [-0.2, 0) is 26.3 Å². The van der Waals surface area contributed by atoms with Crippen molar-refractivity contribution in [2.24, 2.45) is 0 Å². The maximum atomic E-state index is 13.7. The second-order valence-corrected chi connectivity index (χ2v) is 7.34. The summed E-state index contributed by atoms with van der Waals surface area (Å²) in [4.78, 5) is 25.0. The van der Waals surface area contributed by atoms with E-state index in [0.717, 1.165) is 18.4 Å². The zero-order valence-electron chi connectivity index (χ0n) is 15.9. The normalized spacial score (nSPS) is 16.4. The van der Waals surface area contributed by atoms with Gasteiger partial charge < -0.3 is 19.5 Å². The van der Waals surface area contributed by atoms with Crippen molar-refractivity contribution in [1.29, 1.82) is 0 Å². The van der Waals surface area contributed by atoms with E-state index in [2.05, 4.69) is 5.32 Å². The third-order valence-corrected chi connectivity index (χ3v) is 5.49. The lowest BCUT2D eigenvalue weighted by molar-refractivity contribution is -0.154. The van der Waals surface area contributed by atoms with E-state index >= 15 is 0 Å². The zero-order chi connectivity index (χ0) is 20.3. The predicted molar refractivity (Wildman–Crippen MR) is 102 cm³/mol. The van der Waals surface area contributed by atoms with Gasteiger partial charge in [0.25, 0.3) is 5.91 Å². The summed E-state index contributed by atoms with van der Waals surface area (Å²) in [7, 11) is 0. The van der Waals surface area contributed by atoms with Crippen molar-refractivity contribution in [2.75, 3.05) is 13.4 Å². The first-order valence-electron chi connectivity index (χ1n) is 9.65. The largest absolute Gasteiger partial charge is 0.455 e. The minimum absolute atomic E-state index is 0.189. The fourth-order valence-corrected chi connectivity index (χ4v) is 3.95. The predicted octanol–water partition coefficient (Wildman–Crippen LogP) is 3.23. The molecule has 2 aliphatic rings. The fourth-order valence-electron chi connectivity index (χ4n) is 3.95. The highest BCUT2D eigenvalue weighted by Crippen LogP contribution is 2.42. The number of rotatable bonds is 6. The van der Waals surface area contributed by atoms with Crippen LogP contribution in [0, 0.1) is 5.82 Å². The highest BCUT2D eigenvalue weighted by Gasteiger charge is 2.44. The summed E-state index contributed by atoms with van der Waals surface area (Å²) >= 11 is 0. The molecule has 2 aromatic carbocycles. The molecular weight excluding hydrogens is 377 g/mol. The quantitative estimate of drug-likeness (QED) is 0.755. The zero-order valence-corrected chi connectivity index (χ0v) is 15.9. The molecule has 7 heteroatoms. The van der Waals surface area contributed by atoms with E-state index in [1.165, 1.54) is 12.1 Å². The van der Waals surface area contributed by atoms with E-state index in [9.17, 15) is 14.0 Å². The average Bonchev–Trinajstić information content (AvgIpc) is 3.40. The van der Waals surface area contributed by atoms with E-state index in [1.807, 2.05) is 6.07 Å². The van der Waals surface area contributed by atoms with Crippen molar-refractivity contribution < 1.29 is 28.2 Å². The third kappa shape index (κ3) is 4.04. The van der Waals surface area contributed by atoms with E-state index in [-0.39, 0.29) is 25.8 Å². The van der Waals surface area contributed by atoms with Crippen LogP contribution < -0.4 is 14.8 Å². The number of amides is 1. The first kappa shape index (κ1) is 19.2. The lowest BCUT2D eigenvalue weighted by atomic mass is 9.79. The van der Waals surface area contributed by atoms with Gasteiger partial charge in [0, 0.05) is 6.54 Å². The van der Waals surface area contributed by atoms with Crippen LogP contribution in [0.5, 0.6) is 11.5 Å². The number of carbonyl (C=O) groups excluding carboxylic acids is 2. The molecule has 1 heterocycles. The van der Waals surface area contributed by atoms with Crippen molar-refractivity contribution in [3.8, 4) is 11.5 Å². The topological polar surface area (TPSA) is 73.9 Å². The monoisotopic (exact) mass is 399 g/mol. The van der Waals surface area contributed by atoms with Gasteiger partial charge in [-0.05, 0) is 48.2 Å². The number of esters is 1. The third-order valence-electron chi connectivity index (χ3n) is 5.49. The summed E-state index contributed by atoms with van der Waals surface area (Å²) in [5, 5.41) is 2.72. The summed E-state index contributed by atoms with van der Waals surface area (Å²) in [5.74, 6) is 0.0555. The molecule has 1 aliphatic carbocycles. The maximum absolute atomic E-state index is 13.7. The number of hydrogen-bond acceptors (Lipinski definition) is 5. The Balaban J connectivity index is 1.34. The Morgan fingerprint density at radius 3 is 2.66 bits per heavy atom. The molecular formula is C22H22FNO5. The van der Waals surface area contributed by atoms with Crippen LogP contribution in [0.1, 0.15) is 36.8 Å². The molecule has 1 amide bonds. The number of carbonyl (C=O) groups is 2. The molecule has 1 N–H and O–H groups in total. The summed E-state index contributed by atoms with van der Waals surface area (Å²) in [6, 6.07) is 11.5. The number of benzene rings is 2. The molecule has 0 atom stereocenters. The molecule has 0 aromatic heterocycles. The number of halogens is 1. The van der Waals surface area contributed by atoms with E-state index in [1.54, 1.807) is 24.3 Å². The van der Waals surface area contributed by atoms with Gasteiger partial charge in [-0.3, -0.25) is 9.59 Å². The minimum Gasteiger partial charge on any atom is -0.455 e. The standard InChI is InChI=1S/C22H22FNO5/c23-17-5-3-4-16(11-17)22(8-1-2-9-22)21(26)27-13-20(25)24-12-15-6-7-18-19(10-15)29-14-28-18/h3-7,10-11H,1-2,8-9,12-14H2,(H,24,25). The van der Waals surface area contributed by atoms with Crippen molar-refractivity contribution >= 4 is 11.9 Å². The van der Waals surface area contributed by atoms with Crippen LogP contribution in [0.4, 0.5) is 4.39 Å². The number of fused-ring (bicyclic) bond motifs is 1. The molecule has 1 saturated carbocycles. The average molecular weight is 399 g/mol. The molecule has 0 bridgehead atoms. The molecule has 29 heavy (non-hydrogen) atoms. The Bertz CT molecular complexity index is 923. The van der Waals surface area contributed by atoms with Gasteiger partial charge in [-0.25, -0.2) is 4.39 Å². The van der Waals surface area contributed by atoms with Gasteiger partial charge in [0.2, 0.25) is 6.79 Å². The van der Waals surface area contributed by atoms with E-state index < -0.39 is 17.3 Å². The van der Waals surface area contributed by atoms with Crippen LogP contribution in [0.15, 0.2) is 42.5 Å². The number of ether oxygens (including phenoxy) is 3. The molecule has 0 radical (unpaired) electrons. The SMILES string of the molecule is O=C(COC(=O)C1(c2cccc(F)c2)CCCC1)NCc1ccc2c(c1)OCO2. The maximum Gasteiger partial charge on any atom is 0.317 e. The molecule has 4 rings (SSSR count). The molecule has 152 valence electrons. The highest BCUT2D eigenvalue weighted by atomic mass is 19.1. The smallest absolute Gasteiger partial charge is 0.317 e. The van der Waals surface area contributed by atoms with Gasteiger partial charge in [-0.2, -0.15) is 0 Å². The van der Waals surface area contributed by atoms with Gasteiger partial charge >= 0.3 is 5.97 Å². The second kappa shape index (κ2) is 8.11. The Kier molecular flexibility index (Phi) is 5.38. The van der Waals surface area contributed by atoms with Crippen molar-refractivity contribution in [3.63, 3.8) is 0 Å². The number of hydrogen-bond donors (Lipinski definition) is 1. The lowest BCUT2D eigenvalue weighted by Gasteiger charge is -2.27. The Hall–Kier alpha value is -3.09.